The number of halogens is 1. The highest BCUT2D eigenvalue weighted by Gasteiger charge is 2.43. The molecule has 0 spiro atoms. The van der Waals surface area contributed by atoms with Gasteiger partial charge < -0.3 is 14.8 Å². The van der Waals surface area contributed by atoms with E-state index in [1.807, 2.05) is 6.92 Å². The number of hydrogen-bond acceptors (Lipinski definition) is 5. The molecule has 0 radical (unpaired) electrons. The number of nitro benzene ring substituents is 1. The number of hydrogen-bond donors (Lipinski definition) is 1. The van der Waals surface area contributed by atoms with Gasteiger partial charge in [0.05, 0.1) is 11.0 Å². The number of non-ortho nitro benzene ring substituents is 1. The molecule has 1 fully saturated rings. The van der Waals surface area contributed by atoms with Crippen LogP contribution in [0.2, 0.25) is 0 Å². The average molecular weight is 284 g/mol. The summed E-state index contributed by atoms with van der Waals surface area (Å²) in [4.78, 5) is 9.89. The fraction of sp³-hybridized carbons (Fsp3) is 0.538. The molecule has 0 aliphatic heterocycles. The average Bonchev–Trinajstić information content (AvgIpc) is 2.39. The van der Waals surface area contributed by atoms with E-state index in [-0.39, 0.29) is 29.7 Å². The summed E-state index contributed by atoms with van der Waals surface area (Å²) in [5.74, 6) is -0.724. The number of methoxy groups -OCH3 is 1. The summed E-state index contributed by atoms with van der Waals surface area (Å²) < 4.78 is 24.6. The van der Waals surface area contributed by atoms with Crippen LogP contribution in [0.4, 0.5) is 10.1 Å². The summed E-state index contributed by atoms with van der Waals surface area (Å²) in [7, 11) is 1.58. The molecule has 1 aromatic carbocycles. The van der Waals surface area contributed by atoms with Gasteiger partial charge in [0.15, 0.2) is 11.6 Å². The summed E-state index contributed by atoms with van der Waals surface area (Å²) in [5.41, 5.74) is -0.294. The summed E-state index contributed by atoms with van der Waals surface area (Å²) in [6.45, 7) is 2.82. The Kier molecular flexibility index (Phi) is 4.51. The molecule has 2 rings (SSSR count). The molecule has 3 atom stereocenters. The largest absolute Gasteiger partial charge is 0.485 e. The molecule has 20 heavy (non-hydrogen) atoms. The molecular formula is C13H17FN2O4. The maximum Gasteiger partial charge on any atom is 0.272 e. The summed E-state index contributed by atoms with van der Waals surface area (Å²) in [6.07, 6.45) is 0.313. The number of nitrogens with zero attached hydrogens (tertiary/aromatic N) is 1. The third-order valence-corrected chi connectivity index (χ3v) is 3.39. The molecule has 6 nitrogen and oxygen atoms in total. The van der Waals surface area contributed by atoms with Gasteiger partial charge in [-0.25, -0.2) is 4.39 Å². The van der Waals surface area contributed by atoms with Crippen molar-refractivity contribution in [2.45, 2.75) is 31.6 Å². The standard InChI is InChI=1S/C13H17FN2O4/c1-3-15-10-7-12(13(10)19-2)20-11-5-4-8(16(17)18)6-9(11)14/h4-6,10,12-13,15H,3,7H2,1-2H3. The van der Waals surface area contributed by atoms with E-state index in [4.69, 9.17) is 9.47 Å². The van der Waals surface area contributed by atoms with Crippen LogP contribution in [0.15, 0.2) is 18.2 Å². The first-order valence-corrected chi connectivity index (χ1v) is 6.43. The fourth-order valence-electron chi connectivity index (χ4n) is 2.34. The topological polar surface area (TPSA) is 73.6 Å². The fourth-order valence-corrected chi connectivity index (χ4v) is 2.34. The lowest BCUT2D eigenvalue weighted by Gasteiger charge is -2.43. The van der Waals surface area contributed by atoms with Crippen molar-refractivity contribution >= 4 is 5.69 Å². The zero-order valence-corrected chi connectivity index (χ0v) is 11.3. The molecule has 0 aromatic heterocycles. The molecule has 0 bridgehead atoms. The van der Waals surface area contributed by atoms with Crippen molar-refractivity contribution in [2.75, 3.05) is 13.7 Å². The molecule has 110 valence electrons. The quantitative estimate of drug-likeness (QED) is 0.637. The van der Waals surface area contributed by atoms with E-state index in [1.54, 1.807) is 7.11 Å². The first-order valence-electron chi connectivity index (χ1n) is 6.43. The highest BCUT2D eigenvalue weighted by molar-refractivity contribution is 5.37. The van der Waals surface area contributed by atoms with E-state index in [9.17, 15) is 14.5 Å². The van der Waals surface area contributed by atoms with Gasteiger partial charge in [-0.2, -0.15) is 0 Å². The van der Waals surface area contributed by atoms with Crippen LogP contribution in [0, 0.1) is 15.9 Å². The SMILES string of the molecule is CCNC1CC(Oc2ccc([N+](=O)[O-])cc2F)C1OC. The molecule has 0 saturated heterocycles. The molecular weight excluding hydrogens is 267 g/mol. The smallest absolute Gasteiger partial charge is 0.272 e. The zero-order valence-electron chi connectivity index (χ0n) is 11.3. The number of likely N-dealkylation sites (N-methyl/N-ethyl adjacent to an activating group) is 1. The van der Waals surface area contributed by atoms with E-state index < -0.39 is 10.7 Å². The Morgan fingerprint density at radius 2 is 2.30 bits per heavy atom. The van der Waals surface area contributed by atoms with Crippen molar-refractivity contribution in [3.63, 3.8) is 0 Å². The Morgan fingerprint density at radius 3 is 2.85 bits per heavy atom. The van der Waals surface area contributed by atoms with Gasteiger partial charge in [-0.15, -0.1) is 0 Å². The molecule has 1 N–H and O–H groups in total. The van der Waals surface area contributed by atoms with Crippen LogP contribution in [0.1, 0.15) is 13.3 Å². The van der Waals surface area contributed by atoms with Crippen molar-refractivity contribution in [1.82, 2.24) is 5.32 Å². The van der Waals surface area contributed by atoms with Crippen LogP contribution in [-0.2, 0) is 4.74 Å². The van der Waals surface area contributed by atoms with Crippen molar-refractivity contribution in [2.24, 2.45) is 0 Å². The van der Waals surface area contributed by atoms with Crippen LogP contribution in [0.5, 0.6) is 5.75 Å². The van der Waals surface area contributed by atoms with Gasteiger partial charge >= 0.3 is 0 Å². The van der Waals surface area contributed by atoms with Crippen molar-refractivity contribution in [1.29, 1.82) is 0 Å². The second-order valence-electron chi connectivity index (χ2n) is 4.63. The minimum absolute atomic E-state index is 0.0117. The lowest BCUT2D eigenvalue weighted by Crippen LogP contribution is -2.60. The molecule has 0 heterocycles. The normalized spacial score (nSPS) is 25.1. The number of benzene rings is 1. The van der Waals surface area contributed by atoms with E-state index in [2.05, 4.69) is 5.32 Å². The third-order valence-electron chi connectivity index (χ3n) is 3.39. The van der Waals surface area contributed by atoms with E-state index >= 15 is 0 Å². The maximum absolute atomic E-state index is 13.7. The Bertz CT molecular complexity index is 497. The predicted octanol–water partition coefficient (Wildman–Crippen LogP) is 1.88. The van der Waals surface area contributed by atoms with Crippen LogP contribution in [0.25, 0.3) is 0 Å². The van der Waals surface area contributed by atoms with Crippen molar-refractivity contribution in [3.05, 3.63) is 34.1 Å². The van der Waals surface area contributed by atoms with Crippen LogP contribution < -0.4 is 10.1 Å². The zero-order chi connectivity index (χ0) is 14.7. The van der Waals surface area contributed by atoms with Gasteiger partial charge in [0.25, 0.3) is 5.69 Å². The first-order chi connectivity index (χ1) is 9.56. The van der Waals surface area contributed by atoms with Gasteiger partial charge in [0.1, 0.15) is 12.2 Å². The van der Waals surface area contributed by atoms with Crippen molar-refractivity contribution in [3.8, 4) is 5.75 Å². The minimum Gasteiger partial charge on any atom is -0.485 e. The van der Waals surface area contributed by atoms with E-state index in [0.717, 1.165) is 12.6 Å². The van der Waals surface area contributed by atoms with Gasteiger partial charge in [0, 0.05) is 25.6 Å². The van der Waals surface area contributed by atoms with E-state index in [1.165, 1.54) is 12.1 Å². The summed E-state index contributed by atoms with van der Waals surface area (Å²) in [6, 6.07) is 3.55. The van der Waals surface area contributed by atoms with Crippen molar-refractivity contribution < 1.29 is 18.8 Å². The second kappa shape index (κ2) is 6.15. The molecule has 3 unspecified atom stereocenters. The third kappa shape index (κ3) is 2.88. The number of ether oxygens (including phenoxy) is 2. The molecule has 1 saturated carbocycles. The highest BCUT2D eigenvalue weighted by atomic mass is 19.1. The second-order valence-corrected chi connectivity index (χ2v) is 4.63. The van der Waals surface area contributed by atoms with Crippen LogP contribution in [-0.4, -0.2) is 36.8 Å². The first kappa shape index (κ1) is 14.7. The molecule has 1 aromatic rings. The summed E-state index contributed by atoms with van der Waals surface area (Å²) >= 11 is 0. The van der Waals surface area contributed by atoms with Gasteiger partial charge in [-0.1, -0.05) is 6.92 Å². The van der Waals surface area contributed by atoms with Crippen LogP contribution in [0.3, 0.4) is 0 Å². The van der Waals surface area contributed by atoms with Crippen LogP contribution >= 0.6 is 0 Å². The highest BCUT2D eigenvalue weighted by Crippen LogP contribution is 2.31. The monoisotopic (exact) mass is 284 g/mol. The van der Waals surface area contributed by atoms with Gasteiger partial charge in [0.2, 0.25) is 0 Å². The number of rotatable bonds is 6. The molecule has 1 aliphatic rings. The molecule has 7 heteroatoms. The maximum atomic E-state index is 13.7. The Morgan fingerprint density at radius 1 is 1.55 bits per heavy atom. The lowest BCUT2D eigenvalue weighted by molar-refractivity contribution is -0.385. The number of nitro groups is 1. The van der Waals surface area contributed by atoms with E-state index in [0.29, 0.717) is 6.42 Å². The van der Waals surface area contributed by atoms with Gasteiger partial charge in [-0.05, 0) is 12.6 Å². The van der Waals surface area contributed by atoms with Gasteiger partial charge in [-0.3, -0.25) is 10.1 Å². The number of nitrogens with one attached hydrogen (secondary N) is 1. The Balaban J connectivity index is 2.02. The summed E-state index contributed by atoms with van der Waals surface area (Å²) in [5, 5.41) is 13.8. The lowest BCUT2D eigenvalue weighted by atomic mass is 9.85. The Labute approximate surface area is 116 Å². The Hall–Kier alpha value is -1.73. The molecule has 0 amide bonds. The predicted molar refractivity (Wildman–Crippen MR) is 70.3 cm³/mol. The molecule has 1 aliphatic carbocycles. The minimum atomic E-state index is -0.735.